The van der Waals surface area contributed by atoms with E-state index in [1.54, 1.807) is 7.11 Å². The fraction of sp³-hybridized carbons (Fsp3) is 0.385. The van der Waals surface area contributed by atoms with E-state index in [9.17, 15) is 0 Å². The van der Waals surface area contributed by atoms with Crippen LogP contribution < -0.4 is 10.5 Å². The maximum Gasteiger partial charge on any atom is 0.143 e. The molecule has 0 aliphatic carbocycles. The summed E-state index contributed by atoms with van der Waals surface area (Å²) in [7, 11) is 1.68. The van der Waals surface area contributed by atoms with E-state index >= 15 is 0 Å². The van der Waals surface area contributed by atoms with Crippen molar-refractivity contribution in [1.29, 1.82) is 0 Å². The fourth-order valence-corrected chi connectivity index (χ4v) is 1.86. The predicted octanol–water partition coefficient (Wildman–Crippen LogP) is 2.68. The van der Waals surface area contributed by atoms with Gasteiger partial charge >= 0.3 is 0 Å². The molecule has 16 heavy (non-hydrogen) atoms. The van der Waals surface area contributed by atoms with E-state index < -0.39 is 0 Å². The number of aryl methyl sites for hydroxylation is 1. The number of ether oxygens (including phenoxy) is 1. The molecule has 0 saturated heterocycles. The zero-order valence-electron chi connectivity index (χ0n) is 10.2. The highest BCUT2D eigenvalue weighted by atomic mass is 16.5. The normalized spacial score (nSPS) is 12.1. The summed E-state index contributed by atoms with van der Waals surface area (Å²) in [6.07, 6.45) is 0. The Morgan fingerprint density at radius 3 is 2.50 bits per heavy atom. The number of rotatable bonds is 2. The van der Waals surface area contributed by atoms with Crippen molar-refractivity contribution in [2.75, 3.05) is 7.11 Å². The number of H-pyrrole nitrogens is 1. The molecule has 0 bridgehead atoms. The smallest absolute Gasteiger partial charge is 0.143 e. The molecule has 0 saturated carbocycles. The monoisotopic (exact) mass is 218 g/mol. The van der Waals surface area contributed by atoms with Crippen molar-refractivity contribution in [3.8, 4) is 5.75 Å². The van der Waals surface area contributed by atoms with Crippen LogP contribution in [0.5, 0.6) is 5.75 Å². The third kappa shape index (κ3) is 1.78. The van der Waals surface area contributed by atoms with Gasteiger partial charge in [-0.25, -0.2) is 0 Å². The van der Waals surface area contributed by atoms with Gasteiger partial charge in [0.2, 0.25) is 0 Å². The minimum Gasteiger partial charge on any atom is -0.495 e. The number of methoxy groups -OCH3 is 1. The highest BCUT2D eigenvalue weighted by Gasteiger charge is 2.18. The lowest BCUT2D eigenvalue weighted by molar-refractivity contribution is 0.418. The second-order valence-corrected chi connectivity index (χ2v) is 4.84. The Morgan fingerprint density at radius 1 is 1.25 bits per heavy atom. The third-order valence-electron chi connectivity index (χ3n) is 2.75. The quantitative estimate of drug-likeness (QED) is 0.814. The average molecular weight is 218 g/mol. The summed E-state index contributed by atoms with van der Waals surface area (Å²) in [5.74, 6) is 0.866. The van der Waals surface area contributed by atoms with E-state index in [1.165, 1.54) is 5.56 Å². The highest BCUT2D eigenvalue weighted by Crippen LogP contribution is 2.30. The van der Waals surface area contributed by atoms with Gasteiger partial charge in [-0.3, -0.25) is 0 Å². The number of nitrogens with two attached hydrogens (primary N) is 1. The molecule has 0 atom stereocenters. The van der Waals surface area contributed by atoms with Gasteiger partial charge in [0.05, 0.1) is 18.2 Å². The van der Waals surface area contributed by atoms with Crippen LogP contribution in [0.15, 0.2) is 18.2 Å². The highest BCUT2D eigenvalue weighted by molar-refractivity contribution is 5.87. The average Bonchev–Trinajstić information content (AvgIpc) is 2.59. The van der Waals surface area contributed by atoms with E-state index in [2.05, 4.69) is 24.0 Å². The Labute approximate surface area is 95.6 Å². The van der Waals surface area contributed by atoms with Crippen molar-refractivity contribution in [1.82, 2.24) is 4.98 Å². The number of benzene rings is 1. The number of aromatic nitrogens is 1. The van der Waals surface area contributed by atoms with Crippen LogP contribution in [0.2, 0.25) is 0 Å². The molecule has 0 fully saturated rings. The summed E-state index contributed by atoms with van der Waals surface area (Å²) >= 11 is 0. The van der Waals surface area contributed by atoms with E-state index in [1.807, 2.05) is 19.9 Å². The van der Waals surface area contributed by atoms with Crippen molar-refractivity contribution < 1.29 is 4.74 Å². The number of fused-ring (bicyclic) bond motifs is 1. The van der Waals surface area contributed by atoms with Gasteiger partial charge in [0.25, 0.3) is 0 Å². The number of nitrogens with one attached hydrogen (secondary N) is 1. The fourth-order valence-electron chi connectivity index (χ4n) is 1.86. The number of hydrogen-bond acceptors (Lipinski definition) is 2. The molecule has 0 aliphatic rings. The summed E-state index contributed by atoms with van der Waals surface area (Å²) in [6.45, 7) is 6.02. The molecule has 0 radical (unpaired) electrons. The second kappa shape index (κ2) is 3.52. The lowest BCUT2D eigenvalue weighted by Gasteiger charge is -2.16. The minimum absolute atomic E-state index is 0.363. The van der Waals surface area contributed by atoms with Crippen LogP contribution in [0.4, 0.5) is 0 Å². The SMILES string of the molecule is COc1cc(C)cc2cc(C(C)(C)N)[nH]c12. The molecule has 1 aromatic carbocycles. The van der Waals surface area contributed by atoms with Crippen LogP contribution >= 0.6 is 0 Å². The predicted molar refractivity (Wildman–Crippen MR) is 66.8 cm³/mol. The molecule has 0 unspecified atom stereocenters. The van der Waals surface area contributed by atoms with Gasteiger partial charge in [0, 0.05) is 11.1 Å². The molecular formula is C13H18N2O. The van der Waals surface area contributed by atoms with Crippen molar-refractivity contribution >= 4 is 10.9 Å². The molecule has 0 aliphatic heterocycles. The lowest BCUT2D eigenvalue weighted by atomic mass is 10.0. The van der Waals surface area contributed by atoms with Gasteiger partial charge in [-0.1, -0.05) is 0 Å². The van der Waals surface area contributed by atoms with E-state index in [0.717, 1.165) is 22.3 Å². The molecule has 1 heterocycles. The number of aromatic amines is 1. The summed E-state index contributed by atoms with van der Waals surface area (Å²) in [6, 6.07) is 6.24. The number of hydrogen-bond donors (Lipinski definition) is 2. The van der Waals surface area contributed by atoms with Crippen LogP contribution in [0.3, 0.4) is 0 Å². The molecular weight excluding hydrogens is 200 g/mol. The van der Waals surface area contributed by atoms with Crippen molar-refractivity contribution in [3.63, 3.8) is 0 Å². The van der Waals surface area contributed by atoms with E-state index in [-0.39, 0.29) is 5.54 Å². The molecule has 1 aromatic heterocycles. The Bertz CT molecular complexity index is 520. The minimum atomic E-state index is -0.363. The molecule has 3 heteroatoms. The standard InChI is InChI=1S/C13H18N2O/c1-8-5-9-7-11(13(2,3)14)15-12(9)10(6-8)16-4/h5-7,15H,14H2,1-4H3. The third-order valence-corrected chi connectivity index (χ3v) is 2.75. The Morgan fingerprint density at radius 2 is 1.94 bits per heavy atom. The molecule has 2 aromatic rings. The summed E-state index contributed by atoms with van der Waals surface area (Å²) in [5.41, 5.74) is 8.94. The van der Waals surface area contributed by atoms with Gasteiger partial charge in [-0.05, 0) is 44.5 Å². The molecule has 0 spiro atoms. The van der Waals surface area contributed by atoms with Gasteiger partial charge in [0.15, 0.2) is 0 Å². The van der Waals surface area contributed by atoms with Crippen LogP contribution in [0, 0.1) is 6.92 Å². The first-order valence-electron chi connectivity index (χ1n) is 5.38. The largest absolute Gasteiger partial charge is 0.495 e. The van der Waals surface area contributed by atoms with Gasteiger partial charge in [-0.2, -0.15) is 0 Å². The summed E-state index contributed by atoms with van der Waals surface area (Å²) in [4.78, 5) is 3.33. The maximum atomic E-state index is 6.08. The summed E-state index contributed by atoms with van der Waals surface area (Å²) in [5, 5.41) is 1.14. The molecule has 3 N–H and O–H groups in total. The second-order valence-electron chi connectivity index (χ2n) is 4.84. The van der Waals surface area contributed by atoms with Gasteiger partial charge in [-0.15, -0.1) is 0 Å². The van der Waals surface area contributed by atoms with Crippen LogP contribution in [0.1, 0.15) is 25.1 Å². The van der Waals surface area contributed by atoms with Crippen LogP contribution in [0.25, 0.3) is 10.9 Å². The van der Waals surface area contributed by atoms with E-state index in [4.69, 9.17) is 10.5 Å². The summed E-state index contributed by atoms with van der Waals surface area (Å²) < 4.78 is 5.36. The topological polar surface area (TPSA) is 51.0 Å². The first-order chi connectivity index (χ1) is 7.41. The van der Waals surface area contributed by atoms with E-state index in [0.29, 0.717) is 0 Å². The molecule has 3 nitrogen and oxygen atoms in total. The molecule has 2 rings (SSSR count). The Kier molecular flexibility index (Phi) is 2.43. The first-order valence-corrected chi connectivity index (χ1v) is 5.38. The molecule has 0 amide bonds. The van der Waals surface area contributed by atoms with Crippen molar-refractivity contribution in [2.24, 2.45) is 5.73 Å². The Balaban J connectivity index is 2.70. The first kappa shape index (κ1) is 11.0. The molecule has 86 valence electrons. The van der Waals surface area contributed by atoms with Crippen LogP contribution in [-0.2, 0) is 5.54 Å². The maximum absolute atomic E-state index is 6.08. The zero-order chi connectivity index (χ0) is 11.9. The van der Waals surface area contributed by atoms with Gasteiger partial charge in [0.1, 0.15) is 5.75 Å². The lowest BCUT2D eigenvalue weighted by Crippen LogP contribution is -2.28. The zero-order valence-corrected chi connectivity index (χ0v) is 10.2. The van der Waals surface area contributed by atoms with Gasteiger partial charge < -0.3 is 15.5 Å². The van der Waals surface area contributed by atoms with Crippen LogP contribution in [-0.4, -0.2) is 12.1 Å². The van der Waals surface area contributed by atoms with Crippen molar-refractivity contribution in [2.45, 2.75) is 26.3 Å². The van der Waals surface area contributed by atoms with Crippen molar-refractivity contribution in [3.05, 3.63) is 29.5 Å². The Hall–Kier alpha value is -1.48.